The van der Waals surface area contributed by atoms with Gasteiger partial charge in [0.2, 0.25) is 0 Å². The molecule has 6 nitrogen and oxygen atoms in total. The molecule has 0 radical (unpaired) electrons. The van der Waals surface area contributed by atoms with E-state index in [4.69, 9.17) is 16.7 Å². The number of nitrogens with one attached hydrogen (secondary N) is 1. The fourth-order valence-electron chi connectivity index (χ4n) is 1.62. The lowest BCUT2D eigenvalue weighted by Crippen LogP contribution is -2.03. The van der Waals surface area contributed by atoms with Gasteiger partial charge in [0.25, 0.3) is 5.69 Å². The quantitative estimate of drug-likeness (QED) is 0.662. The van der Waals surface area contributed by atoms with E-state index in [0.717, 1.165) is 6.07 Å². The molecule has 0 bridgehead atoms. The molecule has 7 heteroatoms. The molecule has 102 valence electrons. The molecule has 0 aliphatic rings. The molecule has 0 saturated heterocycles. The Balaban J connectivity index is 2.38. The number of nitrogens with zero attached hydrogens (tertiary/aromatic N) is 1. The number of benzene rings is 2. The molecule has 0 fully saturated rings. The molecular formula is C13H9ClN2O4. The fourth-order valence-corrected chi connectivity index (χ4v) is 1.75. The molecule has 0 aliphatic heterocycles. The molecule has 2 aromatic rings. The summed E-state index contributed by atoms with van der Waals surface area (Å²) in [5.41, 5.74) is 0.453. The summed E-state index contributed by atoms with van der Waals surface area (Å²) >= 11 is 5.76. The van der Waals surface area contributed by atoms with Crippen molar-refractivity contribution >= 4 is 34.6 Å². The molecular weight excluding hydrogens is 284 g/mol. The van der Waals surface area contributed by atoms with Crippen LogP contribution in [0.2, 0.25) is 5.02 Å². The van der Waals surface area contributed by atoms with E-state index in [0.29, 0.717) is 10.7 Å². The van der Waals surface area contributed by atoms with E-state index in [9.17, 15) is 14.9 Å². The Morgan fingerprint density at radius 2 is 1.85 bits per heavy atom. The molecule has 0 saturated carbocycles. The second kappa shape index (κ2) is 5.58. The largest absolute Gasteiger partial charge is 0.478 e. The van der Waals surface area contributed by atoms with Gasteiger partial charge in [-0.2, -0.15) is 0 Å². The Morgan fingerprint density at radius 1 is 1.20 bits per heavy atom. The molecule has 0 unspecified atom stereocenters. The first kappa shape index (κ1) is 13.8. The van der Waals surface area contributed by atoms with Crippen molar-refractivity contribution in [1.29, 1.82) is 0 Å². The van der Waals surface area contributed by atoms with Crippen molar-refractivity contribution in [2.24, 2.45) is 0 Å². The molecule has 2 rings (SSSR count). The van der Waals surface area contributed by atoms with Gasteiger partial charge in [-0.1, -0.05) is 11.6 Å². The minimum Gasteiger partial charge on any atom is -0.478 e. The number of carboxylic acid groups (broad SMARTS) is 1. The number of nitro groups is 1. The smallest absolute Gasteiger partial charge is 0.338 e. The molecule has 2 aromatic carbocycles. The van der Waals surface area contributed by atoms with Crippen molar-refractivity contribution in [2.75, 3.05) is 5.32 Å². The number of nitro benzene ring substituents is 1. The van der Waals surface area contributed by atoms with Gasteiger partial charge in [0.15, 0.2) is 0 Å². The van der Waals surface area contributed by atoms with E-state index in [2.05, 4.69) is 5.32 Å². The topological polar surface area (TPSA) is 92.5 Å². The van der Waals surface area contributed by atoms with Gasteiger partial charge in [-0.15, -0.1) is 0 Å². The summed E-state index contributed by atoms with van der Waals surface area (Å²) in [5, 5.41) is 23.2. The maximum absolute atomic E-state index is 11.2. The zero-order valence-electron chi connectivity index (χ0n) is 10.0. The zero-order valence-corrected chi connectivity index (χ0v) is 10.8. The van der Waals surface area contributed by atoms with Crippen molar-refractivity contribution in [3.05, 3.63) is 63.2 Å². The second-order valence-corrected chi connectivity index (χ2v) is 4.36. The van der Waals surface area contributed by atoms with Crippen LogP contribution in [0.25, 0.3) is 0 Å². The summed E-state index contributed by atoms with van der Waals surface area (Å²) < 4.78 is 0. The van der Waals surface area contributed by atoms with Crippen molar-refractivity contribution in [3.8, 4) is 0 Å². The number of carboxylic acids is 1. The number of hydrogen-bond acceptors (Lipinski definition) is 4. The number of anilines is 2. The Labute approximate surface area is 118 Å². The van der Waals surface area contributed by atoms with Crippen molar-refractivity contribution in [1.82, 2.24) is 0 Å². The molecule has 0 aromatic heterocycles. The van der Waals surface area contributed by atoms with Crippen LogP contribution in [0.15, 0.2) is 42.5 Å². The van der Waals surface area contributed by atoms with Gasteiger partial charge in [0.1, 0.15) is 0 Å². The minimum atomic E-state index is -1.25. The zero-order chi connectivity index (χ0) is 14.7. The van der Waals surface area contributed by atoms with E-state index in [1.165, 1.54) is 12.1 Å². The van der Waals surface area contributed by atoms with E-state index in [1.807, 2.05) is 0 Å². The van der Waals surface area contributed by atoms with E-state index in [1.54, 1.807) is 24.3 Å². The van der Waals surface area contributed by atoms with Crippen molar-refractivity contribution in [2.45, 2.75) is 0 Å². The standard InChI is InChI=1S/C13H9ClN2O4/c14-8-1-3-9(4-2-8)15-12-6-5-10(16(19)20)7-11(12)13(17)18/h1-7,15H,(H,17,18). The summed E-state index contributed by atoms with van der Waals surface area (Å²) in [6.45, 7) is 0. The summed E-state index contributed by atoms with van der Waals surface area (Å²) in [4.78, 5) is 21.2. The number of rotatable bonds is 4. The van der Waals surface area contributed by atoms with Crippen LogP contribution in [0.1, 0.15) is 10.4 Å². The van der Waals surface area contributed by atoms with Crippen LogP contribution in [0.5, 0.6) is 0 Å². The third kappa shape index (κ3) is 3.04. The predicted molar refractivity (Wildman–Crippen MR) is 74.8 cm³/mol. The van der Waals surface area contributed by atoms with E-state index < -0.39 is 10.9 Å². The molecule has 0 amide bonds. The lowest BCUT2D eigenvalue weighted by atomic mass is 10.1. The first-order valence-corrected chi connectivity index (χ1v) is 5.89. The number of non-ortho nitro benzene ring substituents is 1. The maximum atomic E-state index is 11.2. The third-order valence-corrected chi connectivity index (χ3v) is 2.82. The highest BCUT2D eigenvalue weighted by molar-refractivity contribution is 6.30. The first-order valence-electron chi connectivity index (χ1n) is 5.51. The number of aromatic carboxylic acids is 1. The molecule has 0 heterocycles. The van der Waals surface area contributed by atoms with Gasteiger partial charge in [0, 0.05) is 22.8 Å². The third-order valence-electron chi connectivity index (χ3n) is 2.57. The highest BCUT2D eigenvalue weighted by Crippen LogP contribution is 2.26. The van der Waals surface area contributed by atoms with Gasteiger partial charge in [0.05, 0.1) is 16.2 Å². The minimum absolute atomic E-state index is 0.172. The number of hydrogen-bond donors (Lipinski definition) is 2. The van der Waals surface area contributed by atoms with Gasteiger partial charge in [-0.05, 0) is 30.3 Å². The average Bonchev–Trinajstić information content (AvgIpc) is 2.41. The monoisotopic (exact) mass is 292 g/mol. The van der Waals surface area contributed by atoms with Crippen LogP contribution in [0.3, 0.4) is 0 Å². The Bertz CT molecular complexity index is 671. The number of halogens is 1. The number of carbonyl (C=O) groups is 1. The molecule has 2 N–H and O–H groups in total. The van der Waals surface area contributed by atoms with Gasteiger partial charge in [-0.3, -0.25) is 10.1 Å². The van der Waals surface area contributed by atoms with Crippen LogP contribution < -0.4 is 5.32 Å². The lowest BCUT2D eigenvalue weighted by molar-refractivity contribution is -0.384. The molecule has 0 aliphatic carbocycles. The fraction of sp³-hybridized carbons (Fsp3) is 0. The lowest BCUT2D eigenvalue weighted by Gasteiger charge is -2.09. The van der Waals surface area contributed by atoms with Crippen molar-refractivity contribution in [3.63, 3.8) is 0 Å². The highest BCUT2D eigenvalue weighted by atomic mass is 35.5. The van der Waals surface area contributed by atoms with Crippen LogP contribution in [-0.4, -0.2) is 16.0 Å². The summed E-state index contributed by atoms with van der Waals surface area (Å²) in [7, 11) is 0. The van der Waals surface area contributed by atoms with Gasteiger partial charge >= 0.3 is 5.97 Å². The second-order valence-electron chi connectivity index (χ2n) is 3.92. The van der Waals surface area contributed by atoms with Crippen LogP contribution in [-0.2, 0) is 0 Å². The van der Waals surface area contributed by atoms with Crippen LogP contribution in [0, 0.1) is 10.1 Å². The normalized spacial score (nSPS) is 10.1. The van der Waals surface area contributed by atoms with Gasteiger partial charge in [-0.25, -0.2) is 4.79 Å². The molecule has 20 heavy (non-hydrogen) atoms. The van der Waals surface area contributed by atoms with Crippen LogP contribution in [0.4, 0.5) is 17.1 Å². The maximum Gasteiger partial charge on any atom is 0.338 e. The van der Waals surface area contributed by atoms with E-state index >= 15 is 0 Å². The average molecular weight is 293 g/mol. The summed E-state index contributed by atoms with van der Waals surface area (Å²) in [6.07, 6.45) is 0. The first-order chi connectivity index (χ1) is 9.47. The van der Waals surface area contributed by atoms with Crippen molar-refractivity contribution < 1.29 is 14.8 Å². The Hall–Kier alpha value is -2.60. The summed E-state index contributed by atoms with van der Waals surface area (Å²) in [5.74, 6) is -1.25. The van der Waals surface area contributed by atoms with Crippen LogP contribution >= 0.6 is 11.6 Å². The Kier molecular flexibility index (Phi) is 3.86. The van der Waals surface area contributed by atoms with Gasteiger partial charge < -0.3 is 10.4 Å². The molecule has 0 spiro atoms. The predicted octanol–water partition coefficient (Wildman–Crippen LogP) is 3.69. The Morgan fingerprint density at radius 3 is 2.40 bits per heavy atom. The SMILES string of the molecule is O=C(O)c1cc([N+](=O)[O-])ccc1Nc1ccc(Cl)cc1. The van der Waals surface area contributed by atoms with E-state index in [-0.39, 0.29) is 16.9 Å². The summed E-state index contributed by atoms with van der Waals surface area (Å²) in [6, 6.07) is 10.3. The highest BCUT2D eigenvalue weighted by Gasteiger charge is 2.16. The molecule has 0 atom stereocenters.